The molecule has 0 saturated heterocycles. The number of hydrogen-bond donors (Lipinski definition) is 0. The molecule has 0 fully saturated rings. The Bertz CT molecular complexity index is 654. The van der Waals surface area contributed by atoms with Gasteiger partial charge in [0.2, 0.25) is 0 Å². The lowest BCUT2D eigenvalue weighted by Crippen LogP contribution is -2.09. The standard InChI is InChI=1S/C16H19FN2OS/c1-19(2)10-7-8-11(12(17)9-10)16-18-13-5-4-6-14(20-3)15(13)21-16/h7-9,14H,4-6H2,1-3H3. The molecule has 2 aromatic rings. The quantitative estimate of drug-likeness (QED) is 0.856. The van der Waals surface area contributed by atoms with Crippen molar-refractivity contribution in [2.75, 3.05) is 26.1 Å². The fourth-order valence-corrected chi connectivity index (χ4v) is 3.93. The topological polar surface area (TPSA) is 25.4 Å². The molecule has 3 nitrogen and oxygen atoms in total. The number of aryl methyl sites for hydroxylation is 1. The molecule has 1 aliphatic rings. The molecular weight excluding hydrogens is 287 g/mol. The van der Waals surface area contributed by atoms with E-state index in [-0.39, 0.29) is 11.9 Å². The van der Waals surface area contributed by atoms with Crippen molar-refractivity contribution in [3.63, 3.8) is 0 Å². The third-order valence-electron chi connectivity index (χ3n) is 3.88. The zero-order valence-electron chi connectivity index (χ0n) is 12.5. The molecule has 1 aliphatic carbocycles. The van der Waals surface area contributed by atoms with Crippen molar-refractivity contribution in [2.24, 2.45) is 0 Å². The van der Waals surface area contributed by atoms with Crippen LogP contribution >= 0.6 is 11.3 Å². The Hall–Kier alpha value is -1.46. The van der Waals surface area contributed by atoms with Crippen LogP contribution in [-0.2, 0) is 11.2 Å². The van der Waals surface area contributed by atoms with Gasteiger partial charge in [0.1, 0.15) is 10.8 Å². The second-order valence-corrected chi connectivity index (χ2v) is 6.54. The first-order valence-electron chi connectivity index (χ1n) is 7.09. The van der Waals surface area contributed by atoms with Crippen LogP contribution in [0.2, 0.25) is 0 Å². The second kappa shape index (κ2) is 5.73. The summed E-state index contributed by atoms with van der Waals surface area (Å²) < 4.78 is 19.9. The molecule has 0 amide bonds. The molecule has 1 unspecified atom stereocenters. The number of rotatable bonds is 3. The van der Waals surface area contributed by atoms with Crippen LogP contribution in [0.15, 0.2) is 18.2 Å². The molecule has 5 heteroatoms. The minimum Gasteiger partial charge on any atom is -0.378 e. The molecule has 1 atom stereocenters. The van der Waals surface area contributed by atoms with Gasteiger partial charge in [0.25, 0.3) is 0 Å². The summed E-state index contributed by atoms with van der Waals surface area (Å²) in [6.45, 7) is 0. The summed E-state index contributed by atoms with van der Waals surface area (Å²) in [7, 11) is 5.53. The van der Waals surface area contributed by atoms with E-state index >= 15 is 0 Å². The molecule has 0 spiro atoms. The van der Waals surface area contributed by atoms with E-state index in [9.17, 15) is 4.39 Å². The SMILES string of the molecule is COC1CCCc2nc(-c3ccc(N(C)C)cc3F)sc21. The van der Waals surface area contributed by atoms with Gasteiger partial charge in [0.15, 0.2) is 0 Å². The number of fused-ring (bicyclic) bond motifs is 1. The molecule has 1 heterocycles. The Morgan fingerprint density at radius 3 is 2.86 bits per heavy atom. The van der Waals surface area contributed by atoms with Gasteiger partial charge < -0.3 is 9.64 Å². The fourth-order valence-electron chi connectivity index (χ4n) is 2.68. The van der Waals surface area contributed by atoms with Crippen LogP contribution in [0.25, 0.3) is 10.6 Å². The van der Waals surface area contributed by atoms with E-state index in [0.29, 0.717) is 5.56 Å². The van der Waals surface area contributed by atoms with Gasteiger partial charge >= 0.3 is 0 Å². The van der Waals surface area contributed by atoms with Crippen molar-refractivity contribution in [3.05, 3.63) is 34.6 Å². The normalized spacial score (nSPS) is 17.6. The predicted molar refractivity (Wildman–Crippen MR) is 84.5 cm³/mol. The lowest BCUT2D eigenvalue weighted by atomic mass is 10.0. The summed E-state index contributed by atoms with van der Waals surface area (Å²) >= 11 is 1.56. The van der Waals surface area contributed by atoms with Gasteiger partial charge in [0, 0.05) is 32.5 Å². The number of aromatic nitrogens is 1. The molecule has 112 valence electrons. The molecule has 1 aromatic heterocycles. The highest BCUT2D eigenvalue weighted by Gasteiger charge is 2.25. The van der Waals surface area contributed by atoms with Crippen molar-refractivity contribution in [2.45, 2.75) is 25.4 Å². The average molecular weight is 306 g/mol. The number of anilines is 1. The van der Waals surface area contributed by atoms with Crippen molar-refractivity contribution < 1.29 is 9.13 Å². The fraction of sp³-hybridized carbons (Fsp3) is 0.438. The van der Waals surface area contributed by atoms with Crippen molar-refractivity contribution in [1.29, 1.82) is 0 Å². The van der Waals surface area contributed by atoms with E-state index in [2.05, 4.69) is 4.98 Å². The van der Waals surface area contributed by atoms with E-state index < -0.39 is 0 Å². The predicted octanol–water partition coefficient (Wildman–Crippen LogP) is 4.04. The first kappa shape index (κ1) is 14.5. The zero-order valence-corrected chi connectivity index (χ0v) is 13.3. The molecule has 3 rings (SSSR count). The molecule has 1 aromatic carbocycles. The monoisotopic (exact) mass is 306 g/mol. The van der Waals surface area contributed by atoms with E-state index in [4.69, 9.17) is 4.74 Å². The van der Waals surface area contributed by atoms with Crippen LogP contribution in [-0.4, -0.2) is 26.2 Å². The van der Waals surface area contributed by atoms with Crippen LogP contribution in [0, 0.1) is 5.82 Å². The minimum atomic E-state index is -0.221. The Morgan fingerprint density at radius 2 is 2.19 bits per heavy atom. The van der Waals surface area contributed by atoms with Crippen LogP contribution in [0.1, 0.15) is 29.5 Å². The number of halogens is 1. The van der Waals surface area contributed by atoms with Gasteiger partial charge in [-0.05, 0) is 37.5 Å². The summed E-state index contributed by atoms with van der Waals surface area (Å²) in [5.41, 5.74) is 2.51. The molecule has 0 bridgehead atoms. The van der Waals surface area contributed by atoms with Crippen LogP contribution in [0.5, 0.6) is 0 Å². The minimum absolute atomic E-state index is 0.115. The number of benzene rings is 1. The summed E-state index contributed by atoms with van der Waals surface area (Å²) in [6.07, 6.45) is 3.18. The number of nitrogens with zero attached hydrogens (tertiary/aromatic N) is 2. The molecule has 0 aliphatic heterocycles. The zero-order chi connectivity index (χ0) is 15.0. The first-order valence-corrected chi connectivity index (χ1v) is 7.91. The van der Waals surface area contributed by atoms with E-state index in [1.54, 1.807) is 24.5 Å². The summed E-state index contributed by atoms with van der Waals surface area (Å²) in [6, 6.07) is 5.30. The van der Waals surface area contributed by atoms with Crippen molar-refractivity contribution >= 4 is 17.0 Å². The van der Waals surface area contributed by atoms with Gasteiger partial charge in [-0.2, -0.15) is 0 Å². The lowest BCUT2D eigenvalue weighted by molar-refractivity contribution is 0.0908. The largest absolute Gasteiger partial charge is 0.378 e. The summed E-state index contributed by atoms with van der Waals surface area (Å²) in [5.74, 6) is -0.221. The van der Waals surface area contributed by atoms with Crippen LogP contribution in [0.3, 0.4) is 0 Å². The van der Waals surface area contributed by atoms with E-state index in [1.807, 2.05) is 31.1 Å². The van der Waals surface area contributed by atoms with E-state index in [1.165, 1.54) is 0 Å². The Kier molecular flexibility index (Phi) is 3.95. The molecule has 0 radical (unpaired) electrons. The van der Waals surface area contributed by atoms with E-state index in [0.717, 1.165) is 40.5 Å². The highest BCUT2D eigenvalue weighted by atomic mass is 32.1. The molecule has 0 saturated carbocycles. The maximum Gasteiger partial charge on any atom is 0.135 e. The lowest BCUT2D eigenvalue weighted by Gasteiger charge is -2.19. The second-order valence-electron chi connectivity index (χ2n) is 5.51. The number of hydrogen-bond acceptors (Lipinski definition) is 4. The van der Waals surface area contributed by atoms with Crippen LogP contribution in [0.4, 0.5) is 10.1 Å². The van der Waals surface area contributed by atoms with Crippen molar-refractivity contribution in [1.82, 2.24) is 4.98 Å². The maximum absolute atomic E-state index is 14.3. The third-order valence-corrected chi connectivity index (χ3v) is 5.11. The molecule has 0 N–H and O–H groups in total. The smallest absolute Gasteiger partial charge is 0.135 e. The highest BCUT2D eigenvalue weighted by Crippen LogP contribution is 2.40. The molecular formula is C16H19FN2OS. The Labute approximate surface area is 128 Å². The summed E-state index contributed by atoms with van der Waals surface area (Å²) in [5, 5.41) is 0.756. The Morgan fingerprint density at radius 1 is 1.38 bits per heavy atom. The number of thiazole rings is 1. The van der Waals surface area contributed by atoms with Gasteiger partial charge in [-0.25, -0.2) is 9.37 Å². The maximum atomic E-state index is 14.3. The Balaban J connectivity index is 2.00. The van der Waals surface area contributed by atoms with Gasteiger partial charge in [-0.1, -0.05) is 0 Å². The average Bonchev–Trinajstić information content (AvgIpc) is 2.90. The highest BCUT2D eigenvalue weighted by molar-refractivity contribution is 7.15. The van der Waals surface area contributed by atoms with Crippen molar-refractivity contribution in [3.8, 4) is 10.6 Å². The first-order chi connectivity index (χ1) is 10.1. The van der Waals surface area contributed by atoms with Gasteiger partial charge in [-0.3, -0.25) is 0 Å². The third kappa shape index (κ3) is 2.68. The summed E-state index contributed by atoms with van der Waals surface area (Å²) in [4.78, 5) is 7.69. The number of ether oxygens (including phenoxy) is 1. The van der Waals surface area contributed by atoms with Gasteiger partial charge in [0.05, 0.1) is 16.7 Å². The van der Waals surface area contributed by atoms with Crippen LogP contribution < -0.4 is 4.90 Å². The van der Waals surface area contributed by atoms with Gasteiger partial charge in [-0.15, -0.1) is 11.3 Å². The molecule has 21 heavy (non-hydrogen) atoms. The number of methoxy groups -OCH3 is 1.